The number of rotatable bonds is 5. The number of piperidine rings is 1. The van der Waals surface area contributed by atoms with Crippen LogP contribution in [-0.2, 0) is 29.1 Å². The number of nitrogens with one attached hydrogen (secondary N) is 1. The second-order valence-electron chi connectivity index (χ2n) is 11.4. The van der Waals surface area contributed by atoms with Gasteiger partial charge in [-0.1, -0.05) is 37.3 Å². The van der Waals surface area contributed by atoms with Crippen LogP contribution >= 0.6 is 0 Å². The van der Waals surface area contributed by atoms with Gasteiger partial charge in [-0.25, -0.2) is 9.67 Å². The fourth-order valence-corrected chi connectivity index (χ4v) is 6.08. The van der Waals surface area contributed by atoms with E-state index in [9.17, 15) is 14.4 Å². The summed E-state index contributed by atoms with van der Waals surface area (Å²) >= 11 is 0. The molecule has 0 bridgehead atoms. The molecule has 11 heteroatoms. The molecular formula is C31H42N8O3. The zero-order valence-electron chi connectivity index (χ0n) is 25.0. The van der Waals surface area contributed by atoms with Crippen molar-refractivity contribution in [2.24, 2.45) is 0 Å². The lowest BCUT2D eigenvalue weighted by Crippen LogP contribution is -2.53. The molecule has 2 aliphatic rings. The molecule has 0 saturated carbocycles. The highest BCUT2D eigenvalue weighted by atomic mass is 16.2. The number of amides is 3. The van der Waals surface area contributed by atoms with Crippen molar-refractivity contribution in [3.05, 3.63) is 65.0 Å². The van der Waals surface area contributed by atoms with E-state index >= 15 is 0 Å². The molecule has 3 amide bonds. The Morgan fingerprint density at radius 2 is 1.83 bits per heavy atom. The third-order valence-corrected chi connectivity index (χ3v) is 8.30. The second-order valence-corrected chi connectivity index (χ2v) is 11.4. The lowest BCUT2D eigenvalue weighted by atomic mass is 9.99. The first-order chi connectivity index (χ1) is 20.4. The summed E-state index contributed by atoms with van der Waals surface area (Å²) in [6.07, 6.45) is 6.31. The SMILES string of the molecule is CCCn1ncc(C(=O)N2CCCC(=O)N3CCCC[C@H]3C(=O)N[C@H](Cc3ccccc3)c3nc(C)nn3CC2)c1C. The van der Waals surface area contributed by atoms with E-state index in [2.05, 4.69) is 22.4 Å². The standard InChI is InChI=1S/C31H42N8O3/c1-4-15-38-22(2)25(21-32-38)31(42)36-16-10-14-28(40)37-17-9-8-13-27(37)30(41)34-26(20-24-11-6-5-7-12-24)29-33-23(3)35-39(29)19-18-36/h5-7,11-12,21,26-27H,4,8-10,13-20H2,1-3H3,(H,34,41)/t26-,27+/m1/s1. The van der Waals surface area contributed by atoms with Crippen molar-refractivity contribution in [2.45, 2.75) is 90.9 Å². The maximum Gasteiger partial charge on any atom is 0.257 e. The highest BCUT2D eigenvalue weighted by molar-refractivity contribution is 5.95. The minimum absolute atomic E-state index is 0.0372. The first-order valence-corrected chi connectivity index (χ1v) is 15.2. The molecule has 1 N–H and O–H groups in total. The van der Waals surface area contributed by atoms with E-state index in [0.29, 0.717) is 62.7 Å². The van der Waals surface area contributed by atoms with Gasteiger partial charge in [0.05, 0.1) is 24.3 Å². The van der Waals surface area contributed by atoms with E-state index in [-0.39, 0.29) is 24.1 Å². The lowest BCUT2D eigenvalue weighted by Gasteiger charge is -2.36. The van der Waals surface area contributed by atoms with E-state index in [0.717, 1.165) is 37.1 Å². The normalized spacial score (nSPS) is 20.5. The molecule has 11 nitrogen and oxygen atoms in total. The molecule has 0 radical (unpaired) electrons. The van der Waals surface area contributed by atoms with Crippen molar-refractivity contribution >= 4 is 17.7 Å². The summed E-state index contributed by atoms with van der Waals surface area (Å²) in [7, 11) is 0. The van der Waals surface area contributed by atoms with Crippen LogP contribution in [0.1, 0.15) is 84.8 Å². The average Bonchev–Trinajstić information content (AvgIpc) is 3.55. The molecule has 42 heavy (non-hydrogen) atoms. The number of fused-ring (bicyclic) bond motifs is 2. The summed E-state index contributed by atoms with van der Waals surface area (Å²) in [5, 5.41) is 12.4. The van der Waals surface area contributed by atoms with E-state index in [4.69, 9.17) is 4.98 Å². The van der Waals surface area contributed by atoms with Crippen molar-refractivity contribution < 1.29 is 14.4 Å². The predicted octanol–water partition coefficient (Wildman–Crippen LogP) is 3.22. The van der Waals surface area contributed by atoms with Gasteiger partial charge in [0.15, 0.2) is 0 Å². The van der Waals surface area contributed by atoms with Crippen molar-refractivity contribution in [3.63, 3.8) is 0 Å². The number of nitrogens with zero attached hydrogens (tertiary/aromatic N) is 7. The smallest absolute Gasteiger partial charge is 0.257 e. The van der Waals surface area contributed by atoms with Gasteiger partial charge in [0, 0.05) is 38.3 Å². The minimum atomic E-state index is -0.519. The Kier molecular flexibility index (Phi) is 9.34. The van der Waals surface area contributed by atoms with Gasteiger partial charge in [0.1, 0.15) is 17.7 Å². The Hall–Kier alpha value is -4.02. The Balaban J connectivity index is 1.49. The van der Waals surface area contributed by atoms with Gasteiger partial charge in [-0.15, -0.1) is 0 Å². The quantitative estimate of drug-likeness (QED) is 0.500. The van der Waals surface area contributed by atoms with Gasteiger partial charge in [-0.3, -0.25) is 19.1 Å². The minimum Gasteiger partial charge on any atom is -0.344 e. The molecule has 2 aliphatic heterocycles. The van der Waals surface area contributed by atoms with E-state index < -0.39 is 12.1 Å². The van der Waals surface area contributed by atoms with Gasteiger partial charge < -0.3 is 15.1 Å². The zero-order chi connectivity index (χ0) is 29.6. The molecular weight excluding hydrogens is 532 g/mol. The van der Waals surface area contributed by atoms with Gasteiger partial charge in [-0.2, -0.15) is 10.2 Å². The second kappa shape index (κ2) is 13.3. The number of carbonyl (C=O) groups excluding carboxylic acids is 3. The molecule has 0 aliphatic carbocycles. The molecule has 1 aromatic carbocycles. The number of aromatic nitrogens is 5. The maximum atomic E-state index is 13.8. The summed E-state index contributed by atoms with van der Waals surface area (Å²) in [4.78, 5) is 49.3. The number of hydrogen-bond donors (Lipinski definition) is 1. The Morgan fingerprint density at radius 1 is 1.02 bits per heavy atom. The Bertz CT molecular complexity index is 1400. The monoisotopic (exact) mass is 574 g/mol. The summed E-state index contributed by atoms with van der Waals surface area (Å²) in [5.41, 5.74) is 2.48. The van der Waals surface area contributed by atoms with Crippen LogP contribution in [0.2, 0.25) is 0 Å². The van der Waals surface area contributed by atoms with Crippen LogP contribution in [0.15, 0.2) is 36.5 Å². The number of hydrogen-bond acceptors (Lipinski definition) is 6. The third-order valence-electron chi connectivity index (χ3n) is 8.30. The lowest BCUT2D eigenvalue weighted by molar-refractivity contribution is -0.142. The van der Waals surface area contributed by atoms with Gasteiger partial charge in [-0.05, 0) is 57.9 Å². The third kappa shape index (κ3) is 6.55. The van der Waals surface area contributed by atoms with Crippen molar-refractivity contribution in [1.82, 2.24) is 39.7 Å². The summed E-state index contributed by atoms with van der Waals surface area (Å²) < 4.78 is 3.69. The highest BCUT2D eigenvalue weighted by Crippen LogP contribution is 2.23. The molecule has 2 atom stereocenters. The molecule has 224 valence electrons. The molecule has 4 heterocycles. The number of benzene rings is 1. The molecule has 3 aromatic rings. The molecule has 0 unspecified atom stereocenters. The predicted molar refractivity (Wildman–Crippen MR) is 158 cm³/mol. The fraction of sp³-hybridized carbons (Fsp3) is 0.548. The largest absolute Gasteiger partial charge is 0.344 e. The fourth-order valence-electron chi connectivity index (χ4n) is 6.08. The van der Waals surface area contributed by atoms with Crippen LogP contribution in [0.25, 0.3) is 0 Å². The van der Waals surface area contributed by atoms with E-state index in [1.165, 1.54) is 0 Å². The van der Waals surface area contributed by atoms with Gasteiger partial charge in [0.2, 0.25) is 11.8 Å². The Labute approximate surface area is 247 Å². The first kappa shape index (κ1) is 29.5. The average molecular weight is 575 g/mol. The van der Waals surface area contributed by atoms with Gasteiger partial charge in [0.25, 0.3) is 5.91 Å². The maximum absolute atomic E-state index is 13.8. The van der Waals surface area contributed by atoms with Crippen LogP contribution in [-0.4, -0.2) is 77.7 Å². The van der Waals surface area contributed by atoms with Crippen molar-refractivity contribution in [3.8, 4) is 0 Å². The molecule has 0 spiro atoms. The van der Waals surface area contributed by atoms with E-state index in [1.54, 1.807) is 16.0 Å². The van der Waals surface area contributed by atoms with Gasteiger partial charge >= 0.3 is 0 Å². The first-order valence-electron chi connectivity index (χ1n) is 15.2. The summed E-state index contributed by atoms with van der Waals surface area (Å²) in [5.74, 6) is 0.965. The summed E-state index contributed by atoms with van der Waals surface area (Å²) in [6, 6.07) is 9.02. The van der Waals surface area contributed by atoms with Crippen LogP contribution in [0.5, 0.6) is 0 Å². The van der Waals surface area contributed by atoms with Crippen LogP contribution < -0.4 is 5.32 Å². The number of aryl methyl sites for hydroxylation is 2. The van der Waals surface area contributed by atoms with Crippen LogP contribution in [0.3, 0.4) is 0 Å². The van der Waals surface area contributed by atoms with Crippen molar-refractivity contribution in [2.75, 3.05) is 19.6 Å². The van der Waals surface area contributed by atoms with Crippen molar-refractivity contribution in [1.29, 1.82) is 0 Å². The Morgan fingerprint density at radius 3 is 2.62 bits per heavy atom. The molecule has 2 aromatic heterocycles. The number of carbonyl (C=O) groups is 3. The molecule has 1 fully saturated rings. The highest BCUT2D eigenvalue weighted by Gasteiger charge is 2.34. The topological polar surface area (TPSA) is 118 Å². The van der Waals surface area contributed by atoms with E-state index in [1.807, 2.05) is 53.5 Å². The zero-order valence-corrected chi connectivity index (χ0v) is 25.0. The van der Waals surface area contributed by atoms with Crippen LogP contribution in [0.4, 0.5) is 0 Å². The molecule has 1 saturated heterocycles. The van der Waals surface area contributed by atoms with Crippen LogP contribution in [0, 0.1) is 13.8 Å². The molecule has 5 rings (SSSR count). The summed E-state index contributed by atoms with van der Waals surface area (Å²) in [6.45, 7) is 8.38.